The second-order valence-corrected chi connectivity index (χ2v) is 9.55. The fourth-order valence-corrected chi connectivity index (χ4v) is 4.99. The predicted octanol–water partition coefficient (Wildman–Crippen LogP) is 9.12. The molecule has 0 unspecified atom stereocenters. The van der Waals surface area contributed by atoms with Gasteiger partial charge in [0.05, 0.1) is 11.4 Å². The van der Waals surface area contributed by atoms with E-state index in [0.717, 1.165) is 58.6 Å². The molecule has 0 aliphatic carbocycles. The Balaban J connectivity index is 1.46. The van der Waals surface area contributed by atoms with E-state index in [-0.39, 0.29) is 0 Å². The van der Waals surface area contributed by atoms with E-state index in [2.05, 4.69) is 124 Å². The summed E-state index contributed by atoms with van der Waals surface area (Å²) in [5, 5.41) is 0. The van der Waals surface area contributed by atoms with Crippen LogP contribution in [0.5, 0.6) is 11.5 Å². The molecule has 173 valence electrons. The Morgan fingerprint density at radius 3 is 1.58 bits per heavy atom. The Hall–Kier alpha value is -4.08. The Morgan fingerprint density at radius 2 is 1.08 bits per heavy atom. The highest BCUT2D eigenvalue weighted by Crippen LogP contribution is 2.52. The summed E-state index contributed by atoms with van der Waals surface area (Å²) >= 11 is 0. The zero-order valence-corrected chi connectivity index (χ0v) is 21.0. The molecule has 0 spiro atoms. The number of hydrogen-bond donors (Lipinski definition) is 0. The van der Waals surface area contributed by atoms with Gasteiger partial charge in [-0.2, -0.15) is 0 Å². The van der Waals surface area contributed by atoms with Crippen molar-refractivity contribution in [2.75, 3.05) is 4.90 Å². The van der Waals surface area contributed by atoms with Gasteiger partial charge in [0, 0.05) is 15.9 Å². The number of aryl methyl sites for hydroxylation is 1. The predicted molar refractivity (Wildman–Crippen MR) is 151 cm³/mol. The summed E-state index contributed by atoms with van der Waals surface area (Å²) in [6, 6.07) is 43.8. The van der Waals surface area contributed by atoms with Gasteiger partial charge in [-0.3, -0.25) is 0 Å². The number of fused-ring (bicyclic) bond motifs is 2. The molecule has 36 heavy (non-hydrogen) atoms. The van der Waals surface area contributed by atoms with Crippen molar-refractivity contribution in [2.45, 2.75) is 18.9 Å². The summed E-state index contributed by atoms with van der Waals surface area (Å²) < 4.78 is 6.58. The summed E-state index contributed by atoms with van der Waals surface area (Å²) in [5.74, 6) is 1.72. The first kappa shape index (κ1) is 22.4. The minimum atomic E-state index is 0.859. The van der Waals surface area contributed by atoms with Crippen LogP contribution < -0.4 is 9.64 Å². The largest absolute Gasteiger partial charge is 0.453 e. The molecule has 1 heterocycles. The Kier molecular flexibility index (Phi) is 6.14. The first-order valence-corrected chi connectivity index (χ1v) is 13.1. The summed E-state index contributed by atoms with van der Waals surface area (Å²) in [4.78, 5) is 2.31. The van der Waals surface area contributed by atoms with Gasteiger partial charge in [-0.05, 0) is 70.6 Å². The van der Waals surface area contributed by atoms with Crippen LogP contribution in [0, 0.1) is 0 Å². The fraction of sp³-hybridized carbons (Fsp3) is 0.0909. The molecule has 3 heteroatoms. The molecule has 2 nitrogen and oxygen atoms in total. The lowest BCUT2D eigenvalue weighted by Crippen LogP contribution is -2.16. The van der Waals surface area contributed by atoms with Crippen LogP contribution in [0.2, 0.25) is 6.04 Å². The van der Waals surface area contributed by atoms with Crippen LogP contribution in [0.1, 0.15) is 12.0 Å². The van der Waals surface area contributed by atoms with Gasteiger partial charge in [0.25, 0.3) is 0 Å². The molecule has 0 amide bonds. The number of nitrogens with zero attached hydrogens (tertiary/aromatic N) is 1. The Labute approximate surface area is 216 Å². The van der Waals surface area contributed by atoms with Gasteiger partial charge in [0.1, 0.15) is 0 Å². The summed E-state index contributed by atoms with van der Waals surface area (Å²) in [6.07, 6.45) is 2.20. The Bertz CT molecular complexity index is 1390. The molecular formula is C33H26NOSi. The quantitative estimate of drug-likeness (QED) is 0.220. The molecule has 3 radical (unpaired) electrons. The molecule has 5 aromatic rings. The molecule has 0 fully saturated rings. The van der Waals surface area contributed by atoms with Crippen molar-refractivity contribution >= 4 is 27.3 Å². The maximum atomic E-state index is 6.58. The van der Waals surface area contributed by atoms with E-state index in [1.165, 1.54) is 16.7 Å². The molecule has 0 bridgehead atoms. The average molecular weight is 481 g/mol. The first-order chi connectivity index (χ1) is 17.8. The van der Waals surface area contributed by atoms with Crippen molar-refractivity contribution in [2.24, 2.45) is 0 Å². The van der Waals surface area contributed by atoms with E-state index < -0.39 is 0 Å². The van der Waals surface area contributed by atoms with Crippen molar-refractivity contribution in [1.82, 2.24) is 0 Å². The minimum absolute atomic E-state index is 0.859. The molecule has 1 aliphatic rings. The van der Waals surface area contributed by atoms with E-state index in [1.54, 1.807) is 0 Å². The molecule has 0 saturated carbocycles. The maximum Gasteiger partial charge on any atom is 0.152 e. The van der Waals surface area contributed by atoms with Crippen LogP contribution in [0.15, 0.2) is 121 Å². The van der Waals surface area contributed by atoms with Crippen LogP contribution in [-0.4, -0.2) is 10.2 Å². The van der Waals surface area contributed by atoms with E-state index in [4.69, 9.17) is 4.74 Å². The third kappa shape index (κ3) is 4.34. The van der Waals surface area contributed by atoms with Gasteiger partial charge in [-0.15, -0.1) is 0 Å². The topological polar surface area (TPSA) is 12.5 Å². The minimum Gasteiger partial charge on any atom is -0.453 e. The van der Waals surface area contributed by atoms with Crippen LogP contribution in [-0.2, 0) is 6.42 Å². The van der Waals surface area contributed by atoms with Gasteiger partial charge in [0.15, 0.2) is 11.5 Å². The normalized spacial score (nSPS) is 12.0. The number of rotatable bonds is 6. The van der Waals surface area contributed by atoms with Gasteiger partial charge in [0.2, 0.25) is 0 Å². The van der Waals surface area contributed by atoms with Gasteiger partial charge < -0.3 is 9.64 Å². The first-order valence-electron chi connectivity index (χ1n) is 12.4. The molecular weight excluding hydrogens is 454 g/mol. The third-order valence-corrected chi connectivity index (χ3v) is 7.03. The van der Waals surface area contributed by atoms with Gasteiger partial charge in [-0.25, -0.2) is 0 Å². The van der Waals surface area contributed by atoms with Crippen LogP contribution in [0.25, 0.3) is 22.3 Å². The lowest BCUT2D eigenvalue weighted by Gasteiger charge is -2.33. The highest BCUT2D eigenvalue weighted by Gasteiger charge is 2.26. The highest BCUT2D eigenvalue weighted by molar-refractivity contribution is 6.08. The van der Waals surface area contributed by atoms with Crippen LogP contribution in [0.3, 0.4) is 0 Å². The summed E-state index contributed by atoms with van der Waals surface area (Å²) in [5.41, 5.74) is 9.20. The van der Waals surface area contributed by atoms with Crippen LogP contribution >= 0.6 is 0 Å². The highest BCUT2D eigenvalue weighted by atomic mass is 28.1. The van der Waals surface area contributed by atoms with Crippen molar-refractivity contribution in [3.05, 3.63) is 127 Å². The van der Waals surface area contributed by atoms with E-state index in [1.807, 2.05) is 12.1 Å². The van der Waals surface area contributed by atoms with E-state index >= 15 is 0 Å². The van der Waals surface area contributed by atoms with Crippen LogP contribution in [0.4, 0.5) is 17.1 Å². The monoisotopic (exact) mass is 480 g/mol. The molecule has 0 aromatic heterocycles. The van der Waals surface area contributed by atoms with Crippen molar-refractivity contribution in [1.29, 1.82) is 0 Å². The lowest BCUT2D eigenvalue weighted by atomic mass is 10.0. The fourth-order valence-electron chi connectivity index (χ4n) is 4.81. The second kappa shape index (κ2) is 9.88. The third-order valence-electron chi connectivity index (χ3n) is 6.67. The second-order valence-electron chi connectivity index (χ2n) is 9.05. The van der Waals surface area contributed by atoms with Gasteiger partial charge >= 0.3 is 0 Å². The smallest absolute Gasteiger partial charge is 0.152 e. The van der Waals surface area contributed by atoms with E-state index in [0.29, 0.717) is 0 Å². The van der Waals surface area contributed by atoms with Crippen molar-refractivity contribution in [3.63, 3.8) is 0 Å². The van der Waals surface area contributed by atoms with Crippen molar-refractivity contribution in [3.8, 4) is 33.8 Å². The van der Waals surface area contributed by atoms with E-state index in [9.17, 15) is 0 Å². The summed E-state index contributed by atoms with van der Waals surface area (Å²) in [6.45, 7) is 0. The number of benzene rings is 5. The molecule has 1 aliphatic heterocycles. The summed E-state index contributed by atoms with van der Waals surface area (Å²) in [7, 11) is 3.59. The lowest BCUT2D eigenvalue weighted by molar-refractivity contribution is 0.477. The number of hydrogen-bond acceptors (Lipinski definition) is 2. The molecule has 0 saturated heterocycles. The molecule has 0 atom stereocenters. The zero-order valence-electron chi connectivity index (χ0n) is 20.0. The molecule has 5 aromatic carbocycles. The molecule has 6 rings (SSSR count). The van der Waals surface area contributed by atoms with Gasteiger partial charge in [-0.1, -0.05) is 97.4 Å². The zero-order chi connectivity index (χ0) is 24.3. The Morgan fingerprint density at radius 1 is 0.556 bits per heavy atom. The molecule has 0 N–H and O–H groups in total. The number of ether oxygens (including phenoxy) is 1. The standard InChI is InChI=1S/C33H26NOSi/c36-21-7-8-24-13-17-29(18-14-24)34-30-19-15-27(25-9-3-1-4-10-25)22-32(30)35-33-23-28(16-20-31(33)34)26-11-5-2-6-12-26/h1-6,9-20,22-23H,7-8,21H2. The maximum absolute atomic E-state index is 6.58. The average Bonchev–Trinajstić information content (AvgIpc) is 2.95. The number of anilines is 3. The SMILES string of the molecule is [Si]CCCc1ccc(N2c3ccc(-c4ccccc4)cc3Oc3cc(-c4ccccc4)ccc32)cc1. The van der Waals surface area contributed by atoms with Crippen molar-refractivity contribution < 1.29 is 4.74 Å².